The van der Waals surface area contributed by atoms with Gasteiger partial charge in [-0.25, -0.2) is 0 Å². The van der Waals surface area contributed by atoms with Gasteiger partial charge in [-0.2, -0.15) is 0 Å². The minimum Gasteiger partial charge on any atom is -0.382 e. The van der Waals surface area contributed by atoms with E-state index in [4.69, 9.17) is 9.47 Å². The Hall–Kier alpha value is -1.06. The van der Waals surface area contributed by atoms with E-state index in [0.29, 0.717) is 6.04 Å². The van der Waals surface area contributed by atoms with Gasteiger partial charge in [0.15, 0.2) is 0 Å². The number of benzene rings is 1. The highest BCUT2D eigenvalue weighted by molar-refractivity contribution is 5.52. The van der Waals surface area contributed by atoms with Crippen LogP contribution in [-0.2, 0) is 9.47 Å². The zero-order valence-corrected chi connectivity index (χ0v) is 11.9. The molecule has 2 fully saturated rings. The predicted octanol–water partition coefficient (Wildman–Crippen LogP) is 3.05. The van der Waals surface area contributed by atoms with Gasteiger partial charge in [-0.3, -0.25) is 0 Å². The number of aryl methyl sites for hydroxylation is 2. The first kappa shape index (κ1) is 12.9. The first-order valence-electron chi connectivity index (χ1n) is 7.22. The molecule has 3 rings (SSSR count). The second kappa shape index (κ2) is 5.14. The molecule has 3 heteroatoms. The molecule has 2 heterocycles. The third-order valence-electron chi connectivity index (χ3n) is 4.30. The van der Waals surface area contributed by atoms with Crippen molar-refractivity contribution < 1.29 is 9.47 Å². The molecule has 0 aliphatic carbocycles. The van der Waals surface area contributed by atoms with E-state index in [1.165, 1.54) is 16.8 Å². The van der Waals surface area contributed by atoms with Gasteiger partial charge in [-0.1, -0.05) is 17.7 Å². The summed E-state index contributed by atoms with van der Waals surface area (Å²) in [6.45, 7) is 6.75. The van der Waals surface area contributed by atoms with Crippen LogP contribution in [0.15, 0.2) is 18.2 Å². The molecule has 2 aliphatic heterocycles. The Kier molecular flexibility index (Phi) is 3.50. The molecule has 2 atom stereocenters. The van der Waals surface area contributed by atoms with E-state index in [0.717, 1.165) is 39.1 Å². The summed E-state index contributed by atoms with van der Waals surface area (Å²) in [6.07, 6.45) is 3.17. The van der Waals surface area contributed by atoms with Crippen molar-refractivity contribution in [1.29, 1.82) is 0 Å². The monoisotopic (exact) mass is 261 g/mol. The summed E-state index contributed by atoms with van der Waals surface area (Å²) in [5, 5.41) is 3.69. The average molecular weight is 261 g/mol. The second-order valence-electron chi connectivity index (χ2n) is 5.99. The fourth-order valence-corrected chi connectivity index (χ4v) is 3.21. The molecule has 0 amide bonds. The Labute approximate surface area is 115 Å². The Bertz CT molecular complexity index is 452. The smallest absolute Gasteiger partial charge is 0.0956 e. The van der Waals surface area contributed by atoms with Crippen LogP contribution in [0.25, 0.3) is 0 Å². The van der Waals surface area contributed by atoms with E-state index in [9.17, 15) is 0 Å². The van der Waals surface area contributed by atoms with E-state index in [1.807, 2.05) is 0 Å². The molecular weight excluding hydrogens is 238 g/mol. The Morgan fingerprint density at radius 3 is 2.89 bits per heavy atom. The largest absolute Gasteiger partial charge is 0.382 e. The number of ether oxygens (including phenoxy) is 2. The molecule has 104 valence electrons. The summed E-state index contributed by atoms with van der Waals surface area (Å²) in [5.41, 5.74) is 3.87. The lowest BCUT2D eigenvalue weighted by Crippen LogP contribution is -2.45. The molecule has 0 radical (unpaired) electrons. The summed E-state index contributed by atoms with van der Waals surface area (Å²) in [5.74, 6) is 0. The van der Waals surface area contributed by atoms with Crippen LogP contribution in [0.1, 0.15) is 30.4 Å². The molecule has 1 spiro atoms. The van der Waals surface area contributed by atoms with E-state index in [-0.39, 0.29) is 5.60 Å². The van der Waals surface area contributed by atoms with Crippen molar-refractivity contribution in [1.82, 2.24) is 0 Å². The fourth-order valence-electron chi connectivity index (χ4n) is 3.21. The van der Waals surface area contributed by atoms with Gasteiger partial charge < -0.3 is 14.8 Å². The van der Waals surface area contributed by atoms with Gasteiger partial charge in [0, 0.05) is 31.4 Å². The van der Waals surface area contributed by atoms with Crippen molar-refractivity contribution in [2.75, 3.05) is 25.1 Å². The maximum atomic E-state index is 5.98. The number of rotatable bonds is 2. The van der Waals surface area contributed by atoms with Crippen LogP contribution in [0.2, 0.25) is 0 Å². The van der Waals surface area contributed by atoms with Crippen molar-refractivity contribution in [2.24, 2.45) is 0 Å². The molecule has 1 aromatic rings. The molecule has 3 nitrogen and oxygen atoms in total. The van der Waals surface area contributed by atoms with E-state index in [2.05, 4.69) is 37.4 Å². The van der Waals surface area contributed by atoms with Crippen molar-refractivity contribution in [3.8, 4) is 0 Å². The highest BCUT2D eigenvalue weighted by Crippen LogP contribution is 2.34. The van der Waals surface area contributed by atoms with Gasteiger partial charge in [0.25, 0.3) is 0 Å². The summed E-state index contributed by atoms with van der Waals surface area (Å²) < 4.78 is 11.5. The maximum absolute atomic E-state index is 5.98. The Balaban J connectivity index is 1.69. The van der Waals surface area contributed by atoms with Gasteiger partial charge in [0.2, 0.25) is 0 Å². The van der Waals surface area contributed by atoms with Gasteiger partial charge in [0.1, 0.15) is 0 Å². The summed E-state index contributed by atoms with van der Waals surface area (Å²) >= 11 is 0. The van der Waals surface area contributed by atoms with Crippen molar-refractivity contribution >= 4 is 5.69 Å². The van der Waals surface area contributed by atoms with Crippen LogP contribution >= 0.6 is 0 Å². The van der Waals surface area contributed by atoms with Crippen LogP contribution in [0.5, 0.6) is 0 Å². The molecule has 0 aromatic heterocycles. The van der Waals surface area contributed by atoms with Crippen LogP contribution < -0.4 is 5.32 Å². The number of anilines is 1. The highest BCUT2D eigenvalue weighted by atomic mass is 16.6. The van der Waals surface area contributed by atoms with E-state index >= 15 is 0 Å². The van der Waals surface area contributed by atoms with E-state index < -0.39 is 0 Å². The van der Waals surface area contributed by atoms with Crippen molar-refractivity contribution in [3.63, 3.8) is 0 Å². The molecule has 0 saturated carbocycles. The quantitative estimate of drug-likeness (QED) is 0.887. The lowest BCUT2D eigenvalue weighted by Gasteiger charge is -2.38. The van der Waals surface area contributed by atoms with E-state index in [1.54, 1.807) is 0 Å². The zero-order chi connectivity index (χ0) is 13.3. The third kappa shape index (κ3) is 2.77. The first-order valence-corrected chi connectivity index (χ1v) is 7.22. The topological polar surface area (TPSA) is 30.5 Å². The number of hydrogen-bond acceptors (Lipinski definition) is 3. The van der Waals surface area contributed by atoms with Gasteiger partial charge in [0.05, 0.1) is 12.2 Å². The Morgan fingerprint density at radius 1 is 1.26 bits per heavy atom. The molecule has 2 saturated heterocycles. The highest BCUT2D eigenvalue weighted by Gasteiger charge is 2.40. The zero-order valence-electron chi connectivity index (χ0n) is 11.9. The second-order valence-corrected chi connectivity index (χ2v) is 5.99. The fraction of sp³-hybridized carbons (Fsp3) is 0.625. The molecule has 2 unspecified atom stereocenters. The van der Waals surface area contributed by atoms with Crippen molar-refractivity contribution in [3.05, 3.63) is 29.3 Å². The van der Waals surface area contributed by atoms with Crippen LogP contribution in [0.3, 0.4) is 0 Å². The molecule has 1 aromatic carbocycles. The van der Waals surface area contributed by atoms with Crippen LogP contribution in [-0.4, -0.2) is 31.5 Å². The minimum atomic E-state index is -0.0193. The lowest BCUT2D eigenvalue weighted by atomic mass is 9.89. The van der Waals surface area contributed by atoms with Gasteiger partial charge in [-0.05, 0) is 38.3 Å². The molecule has 0 bridgehead atoms. The minimum absolute atomic E-state index is 0.0193. The molecular formula is C16H23NO2. The molecule has 1 N–H and O–H groups in total. The molecule has 2 aliphatic rings. The first-order chi connectivity index (χ1) is 9.17. The summed E-state index contributed by atoms with van der Waals surface area (Å²) in [6, 6.07) is 7.09. The maximum Gasteiger partial charge on any atom is 0.0956 e. The van der Waals surface area contributed by atoms with Crippen LogP contribution in [0.4, 0.5) is 5.69 Å². The average Bonchev–Trinajstić information content (AvgIpc) is 2.81. The normalized spacial score (nSPS) is 30.7. The third-order valence-corrected chi connectivity index (χ3v) is 4.30. The van der Waals surface area contributed by atoms with Crippen LogP contribution in [0, 0.1) is 13.8 Å². The molecule has 19 heavy (non-hydrogen) atoms. The van der Waals surface area contributed by atoms with Gasteiger partial charge >= 0.3 is 0 Å². The lowest BCUT2D eigenvalue weighted by molar-refractivity contribution is -0.0828. The standard InChI is InChI=1S/C16H23NO2/c1-12-3-4-15(13(2)9-12)17-14-5-7-19-16(10-14)6-8-18-11-16/h3-4,9,14,17H,5-8,10-11H2,1-2H3. The number of hydrogen-bond donors (Lipinski definition) is 1. The number of nitrogens with one attached hydrogen (secondary N) is 1. The summed E-state index contributed by atoms with van der Waals surface area (Å²) in [7, 11) is 0. The SMILES string of the molecule is Cc1ccc(NC2CCOC3(CCOC3)C2)c(C)c1. The summed E-state index contributed by atoms with van der Waals surface area (Å²) in [4.78, 5) is 0. The Morgan fingerprint density at radius 2 is 2.16 bits per heavy atom. The predicted molar refractivity (Wildman–Crippen MR) is 76.7 cm³/mol. The van der Waals surface area contributed by atoms with Gasteiger partial charge in [-0.15, -0.1) is 0 Å². The van der Waals surface area contributed by atoms with Crippen molar-refractivity contribution in [2.45, 2.75) is 44.8 Å².